The van der Waals surface area contributed by atoms with Crippen LogP contribution < -0.4 is 0 Å². The van der Waals surface area contributed by atoms with E-state index in [0.717, 1.165) is 0 Å². The summed E-state index contributed by atoms with van der Waals surface area (Å²) in [5.41, 5.74) is 0. The van der Waals surface area contributed by atoms with Crippen LogP contribution in [0.25, 0.3) is 0 Å². The van der Waals surface area contributed by atoms with Gasteiger partial charge in [0.2, 0.25) is 5.91 Å². The molecule has 1 heterocycles. The van der Waals surface area contributed by atoms with Gasteiger partial charge in [0.05, 0.1) is 11.4 Å². The summed E-state index contributed by atoms with van der Waals surface area (Å²) in [5.74, 6) is 0.0558. The van der Waals surface area contributed by atoms with Crippen LogP contribution in [-0.2, 0) is 4.79 Å². The fourth-order valence-corrected chi connectivity index (χ4v) is 1.10. The van der Waals surface area contributed by atoms with Gasteiger partial charge in [0.1, 0.15) is 0 Å². The fraction of sp³-hybridized carbons (Fsp3) is 0.800. The van der Waals surface area contributed by atoms with Crippen molar-refractivity contribution >= 4 is 21.8 Å². The Morgan fingerprint density at radius 3 is 2.67 bits per heavy atom. The summed E-state index contributed by atoms with van der Waals surface area (Å²) in [6.07, 6.45) is -0.284. The molecule has 4 heteroatoms. The summed E-state index contributed by atoms with van der Waals surface area (Å²) >= 11 is 3.04. The molecule has 0 aromatic heterocycles. The zero-order valence-electron chi connectivity index (χ0n) is 4.88. The summed E-state index contributed by atoms with van der Waals surface area (Å²) in [5, 5.41) is 9.11. The van der Waals surface area contributed by atoms with Crippen LogP contribution in [0.1, 0.15) is 0 Å². The molecule has 0 radical (unpaired) electrons. The van der Waals surface area contributed by atoms with Crippen molar-refractivity contribution in [2.45, 2.75) is 6.10 Å². The van der Waals surface area contributed by atoms with Crippen LogP contribution >= 0.6 is 15.9 Å². The molecule has 0 aromatic carbocycles. The molecule has 0 bridgehead atoms. The quantitative estimate of drug-likeness (QED) is 0.576. The molecule has 1 aliphatic heterocycles. The number of carbonyl (C=O) groups is 1. The second kappa shape index (κ2) is 2.66. The molecule has 0 aliphatic carbocycles. The van der Waals surface area contributed by atoms with Gasteiger partial charge in [0.25, 0.3) is 0 Å². The second-order valence-corrected chi connectivity index (χ2v) is 2.65. The Hall–Kier alpha value is -0.0900. The molecule has 1 fully saturated rings. The van der Waals surface area contributed by atoms with Gasteiger partial charge in [-0.15, -0.1) is 0 Å². The van der Waals surface area contributed by atoms with E-state index < -0.39 is 0 Å². The highest BCUT2D eigenvalue weighted by atomic mass is 79.9. The van der Waals surface area contributed by atoms with Crippen LogP contribution in [0.4, 0.5) is 0 Å². The van der Waals surface area contributed by atoms with Crippen LogP contribution in [0.5, 0.6) is 0 Å². The van der Waals surface area contributed by atoms with Gasteiger partial charge in [-0.3, -0.25) is 4.79 Å². The monoisotopic (exact) mass is 193 g/mol. The standard InChI is InChI=1S/C5H8BrNO2/c6-1-5(9)7-2-4(8)3-7/h4,8H,1-3H2. The van der Waals surface area contributed by atoms with Crippen LogP contribution in [0, 0.1) is 0 Å². The number of halogens is 1. The SMILES string of the molecule is O=C(CBr)N1CC(O)C1. The van der Waals surface area contributed by atoms with Crippen molar-refractivity contribution in [2.24, 2.45) is 0 Å². The van der Waals surface area contributed by atoms with E-state index in [1.807, 2.05) is 0 Å². The number of hydrogen-bond acceptors (Lipinski definition) is 2. The van der Waals surface area contributed by atoms with Crippen molar-refractivity contribution in [3.05, 3.63) is 0 Å². The largest absolute Gasteiger partial charge is 0.389 e. The van der Waals surface area contributed by atoms with E-state index in [-0.39, 0.29) is 12.0 Å². The summed E-state index contributed by atoms with van der Waals surface area (Å²) in [6.45, 7) is 1.01. The van der Waals surface area contributed by atoms with Gasteiger partial charge >= 0.3 is 0 Å². The number of likely N-dealkylation sites (tertiary alicyclic amines) is 1. The van der Waals surface area contributed by atoms with Gasteiger partial charge in [-0.1, -0.05) is 15.9 Å². The van der Waals surface area contributed by atoms with Crippen LogP contribution in [-0.4, -0.2) is 40.4 Å². The molecule has 0 atom stereocenters. The van der Waals surface area contributed by atoms with E-state index in [2.05, 4.69) is 15.9 Å². The Labute approximate surface area is 61.8 Å². The molecular formula is C5H8BrNO2. The summed E-state index contributed by atoms with van der Waals surface area (Å²) in [6, 6.07) is 0. The molecule has 0 unspecified atom stereocenters. The van der Waals surface area contributed by atoms with Crippen molar-refractivity contribution in [2.75, 3.05) is 18.4 Å². The lowest BCUT2D eigenvalue weighted by Gasteiger charge is -2.35. The van der Waals surface area contributed by atoms with E-state index >= 15 is 0 Å². The average Bonchev–Trinajstić information content (AvgIpc) is 1.79. The number of hydrogen-bond donors (Lipinski definition) is 1. The number of β-amino-alcohol motifs (C(OH)–C–C–N with tert-alkyl or cyclic N) is 1. The molecule has 1 rings (SSSR count). The number of rotatable bonds is 1. The van der Waals surface area contributed by atoms with Crippen LogP contribution in [0.3, 0.4) is 0 Å². The van der Waals surface area contributed by atoms with Crippen molar-refractivity contribution in [1.82, 2.24) is 4.90 Å². The van der Waals surface area contributed by atoms with E-state index in [1.54, 1.807) is 4.90 Å². The first-order valence-corrected chi connectivity index (χ1v) is 3.88. The first-order chi connectivity index (χ1) is 4.24. The molecule has 1 saturated heterocycles. The number of nitrogens with zero attached hydrogens (tertiary/aromatic N) is 1. The van der Waals surface area contributed by atoms with E-state index in [4.69, 9.17) is 5.11 Å². The number of carbonyl (C=O) groups excluding carboxylic acids is 1. The average molecular weight is 194 g/mol. The smallest absolute Gasteiger partial charge is 0.233 e. The molecule has 0 saturated carbocycles. The molecular weight excluding hydrogens is 186 g/mol. The molecule has 0 spiro atoms. The van der Waals surface area contributed by atoms with E-state index in [0.29, 0.717) is 18.4 Å². The Morgan fingerprint density at radius 2 is 2.33 bits per heavy atom. The van der Waals surface area contributed by atoms with E-state index in [9.17, 15) is 4.79 Å². The maximum atomic E-state index is 10.7. The highest BCUT2D eigenvalue weighted by molar-refractivity contribution is 9.09. The third kappa shape index (κ3) is 1.43. The third-order valence-corrected chi connectivity index (χ3v) is 1.81. The minimum Gasteiger partial charge on any atom is -0.389 e. The zero-order valence-corrected chi connectivity index (χ0v) is 6.47. The van der Waals surface area contributed by atoms with Crippen molar-refractivity contribution in [3.63, 3.8) is 0 Å². The van der Waals surface area contributed by atoms with Gasteiger partial charge in [0.15, 0.2) is 0 Å². The Balaban J connectivity index is 2.23. The minimum atomic E-state index is -0.284. The number of aliphatic hydroxyl groups excluding tert-OH is 1. The fourth-order valence-electron chi connectivity index (χ4n) is 0.743. The first-order valence-electron chi connectivity index (χ1n) is 2.76. The topological polar surface area (TPSA) is 40.5 Å². The Kier molecular flexibility index (Phi) is 2.08. The zero-order chi connectivity index (χ0) is 6.85. The molecule has 1 aliphatic rings. The number of alkyl halides is 1. The predicted molar refractivity (Wildman–Crippen MR) is 36.4 cm³/mol. The molecule has 3 nitrogen and oxygen atoms in total. The first kappa shape index (κ1) is 7.02. The maximum Gasteiger partial charge on any atom is 0.233 e. The van der Waals surface area contributed by atoms with Gasteiger partial charge in [-0.2, -0.15) is 0 Å². The third-order valence-electron chi connectivity index (χ3n) is 1.33. The summed E-state index contributed by atoms with van der Waals surface area (Å²) in [4.78, 5) is 12.3. The molecule has 1 N–H and O–H groups in total. The van der Waals surface area contributed by atoms with Gasteiger partial charge in [-0.25, -0.2) is 0 Å². The second-order valence-electron chi connectivity index (χ2n) is 2.09. The summed E-state index contributed by atoms with van der Waals surface area (Å²) < 4.78 is 0. The van der Waals surface area contributed by atoms with Gasteiger partial charge < -0.3 is 10.0 Å². The van der Waals surface area contributed by atoms with Crippen molar-refractivity contribution in [1.29, 1.82) is 0 Å². The van der Waals surface area contributed by atoms with Gasteiger partial charge in [0, 0.05) is 13.1 Å². The predicted octanol–water partition coefficient (Wildman–Crippen LogP) is -0.416. The highest BCUT2D eigenvalue weighted by Crippen LogP contribution is 2.07. The molecule has 1 amide bonds. The molecule has 0 aromatic rings. The lowest BCUT2D eigenvalue weighted by Crippen LogP contribution is -2.53. The highest BCUT2D eigenvalue weighted by Gasteiger charge is 2.27. The maximum absolute atomic E-state index is 10.7. The van der Waals surface area contributed by atoms with Gasteiger partial charge in [-0.05, 0) is 0 Å². The minimum absolute atomic E-state index is 0.0558. The number of aliphatic hydroxyl groups is 1. The van der Waals surface area contributed by atoms with Crippen molar-refractivity contribution < 1.29 is 9.90 Å². The van der Waals surface area contributed by atoms with E-state index in [1.165, 1.54) is 0 Å². The van der Waals surface area contributed by atoms with Crippen LogP contribution in [0.2, 0.25) is 0 Å². The normalized spacial score (nSPS) is 19.6. The Bertz CT molecular complexity index is 122. The summed E-state index contributed by atoms with van der Waals surface area (Å²) in [7, 11) is 0. The van der Waals surface area contributed by atoms with Crippen molar-refractivity contribution in [3.8, 4) is 0 Å². The molecule has 52 valence electrons. The molecule has 9 heavy (non-hydrogen) atoms. The lowest BCUT2D eigenvalue weighted by molar-refractivity contribution is -0.138. The number of amides is 1. The lowest BCUT2D eigenvalue weighted by atomic mass is 10.2. The Morgan fingerprint density at radius 1 is 1.78 bits per heavy atom. The van der Waals surface area contributed by atoms with Crippen LogP contribution in [0.15, 0.2) is 0 Å².